The Kier molecular flexibility index (Phi) is 7.15. The second kappa shape index (κ2) is 10.6. The van der Waals surface area contributed by atoms with Crippen LogP contribution < -0.4 is 10.1 Å². The van der Waals surface area contributed by atoms with Crippen LogP contribution >= 0.6 is 0 Å². The van der Waals surface area contributed by atoms with Crippen LogP contribution in [0.1, 0.15) is 30.2 Å². The first kappa shape index (κ1) is 22.3. The van der Waals surface area contributed by atoms with Crippen LogP contribution in [0, 0.1) is 0 Å². The topological polar surface area (TPSA) is 79.9 Å². The molecule has 1 amide bonds. The van der Waals surface area contributed by atoms with Gasteiger partial charge in [-0.3, -0.25) is 14.9 Å². The van der Waals surface area contributed by atoms with E-state index < -0.39 is 0 Å². The third-order valence-electron chi connectivity index (χ3n) is 5.64. The summed E-state index contributed by atoms with van der Waals surface area (Å²) in [7, 11) is 1.70. The van der Waals surface area contributed by atoms with Crippen LogP contribution in [-0.2, 0) is 24.2 Å². The van der Waals surface area contributed by atoms with Gasteiger partial charge in [0.15, 0.2) is 0 Å². The van der Waals surface area contributed by atoms with Crippen molar-refractivity contribution < 1.29 is 9.53 Å². The van der Waals surface area contributed by atoms with E-state index in [0.717, 1.165) is 40.2 Å². The zero-order valence-electron chi connectivity index (χ0n) is 19.0. The summed E-state index contributed by atoms with van der Waals surface area (Å²) in [5.41, 5.74) is 7.34. The number of ether oxygens (including phenoxy) is 1. The Morgan fingerprint density at radius 2 is 1.82 bits per heavy atom. The van der Waals surface area contributed by atoms with E-state index in [-0.39, 0.29) is 5.91 Å². The highest BCUT2D eigenvalue weighted by atomic mass is 16.5. The minimum absolute atomic E-state index is 0.00490. The minimum Gasteiger partial charge on any atom is -0.496 e. The van der Waals surface area contributed by atoms with E-state index in [1.54, 1.807) is 19.5 Å². The molecule has 0 aliphatic rings. The van der Waals surface area contributed by atoms with Crippen LogP contribution in [0.2, 0.25) is 0 Å². The fourth-order valence-corrected chi connectivity index (χ4v) is 3.75. The lowest BCUT2D eigenvalue weighted by Gasteiger charge is -2.10. The van der Waals surface area contributed by atoms with Crippen molar-refractivity contribution in [3.8, 4) is 28.1 Å². The third kappa shape index (κ3) is 5.66. The maximum Gasteiger partial charge on any atom is 0.220 e. The number of nitrogens with zero attached hydrogens (tertiary/aromatic N) is 2. The second-order valence-electron chi connectivity index (χ2n) is 7.87. The molecule has 2 aromatic heterocycles. The first-order valence-corrected chi connectivity index (χ1v) is 11.1. The molecule has 33 heavy (non-hydrogen) atoms. The van der Waals surface area contributed by atoms with Crippen molar-refractivity contribution in [2.75, 3.05) is 7.11 Å². The molecule has 0 atom stereocenters. The van der Waals surface area contributed by atoms with Crippen molar-refractivity contribution in [2.45, 2.75) is 32.7 Å². The average Bonchev–Trinajstić information content (AvgIpc) is 3.35. The zero-order chi connectivity index (χ0) is 23.0. The highest BCUT2D eigenvalue weighted by molar-refractivity contribution is 5.76. The summed E-state index contributed by atoms with van der Waals surface area (Å²) in [6, 6.07) is 20.5. The van der Waals surface area contributed by atoms with Crippen molar-refractivity contribution in [3.63, 3.8) is 0 Å². The molecule has 2 aromatic carbocycles. The number of methoxy groups -OCH3 is 1. The van der Waals surface area contributed by atoms with Crippen molar-refractivity contribution >= 4 is 5.91 Å². The van der Waals surface area contributed by atoms with Crippen LogP contribution in [0.15, 0.2) is 73.1 Å². The number of hydrogen-bond acceptors (Lipinski definition) is 4. The summed E-state index contributed by atoms with van der Waals surface area (Å²) in [5.74, 6) is 0.929. The van der Waals surface area contributed by atoms with Crippen LogP contribution in [0.4, 0.5) is 0 Å². The molecule has 0 fully saturated rings. The predicted molar refractivity (Wildman–Crippen MR) is 130 cm³/mol. The summed E-state index contributed by atoms with van der Waals surface area (Å²) in [4.78, 5) is 16.2. The molecule has 0 unspecified atom stereocenters. The molecule has 6 heteroatoms. The van der Waals surface area contributed by atoms with E-state index in [4.69, 9.17) is 4.74 Å². The number of nitrogens with one attached hydrogen (secondary N) is 2. The molecule has 0 aliphatic carbocycles. The SMILES string of the molecule is CCc1cc(-c2ccc(-c3cc(CCC(=O)NCc4cccnc4)[nH]n3)cc2)ccc1OC. The Morgan fingerprint density at radius 3 is 2.55 bits per heavy atom. The predicted octanol–water partition coefficient (Wildman–Crippen LogP) is 4.96. The van der Waals surface area contributed by atoms with Crippen LogP contribution in [-0.4, -0.2) is 28.2 Å². The highest BCUT2D eigenvalue weighted by Crippen LogP contribution is 2.29. The summed E-state index contributed by atoms with van der Waals surface area (Å²) in [6.07, 6.45) is 5.40. The largest absolute Gasteiger partial charge is 0.496 e. The fraction of sp³-hybridized carbons (Fsp3) is 0.222. The van der Waals surface area contributed by atoms with E-state index in [9.17, 15) is 4.79 Å². The zero-order valence-corrected chi connectivity index (χ0v) is 19.0. The Morgan fingerprint density at radius 1 is 1.03 bits per heavy atom. The third-order valence-corrected chi connectivity index (χ3v) is 5.64. The van der Waals surface area contributed by atoms with Gasteiger partial charge in [-0.1, -0.05) is 43.3 Å². The van der Waals surface area contributed by atoms with E-state index in [1.165, 1.54) is 11.1 Å². The highest BCUT2D eigenvalue weighted by Gasteiger charge is 2.09. The molecule has 2 heterocycles. The Bertz CT molecular complexity index is 1200. The van der Waals surface area contributed by atoms with Crippen LogP contribution in [0.25, 0.3) is 22.4 Å². The molecule has 0 saturated heterocycles. The van der Waals surface area contributed by atoms with Gasteiger partial charge in [0.05, 0.1) is 12.8 Å². The summed E-state index contributed by atoms with van der Waals surface area (Å²) in [6.45, 7) is 2.62. The Hall–Kier alpha value is -3.93. The van der Waals surface area contributed by atoms with Gasteiger partial charge in [0.2, 0.25) is 5.91 Å². The number of rotatable bonds is 9. The van der Waals surface area contributed by atoms with Crippen LogP contribution in [0.3, 0.4) is 0 Å². The van der Waals surface area contributed by atoms with Gasteiger partial charge in [-0.15, -0.1) is 0 Å². The number of benzene rings is 2. The first-order valence-electron chi connectivity index (χ1n) is 11.1. The van der Waals surface area contributed by atoms with Crippen molar-refractivity contribution in [2.24, 2.45) is 0 Å². The standard InChI is InChI=1S/C27H28N4O2/c1-3-20-15-23(10-12-26(20)33-2)21-6-8-22(9-7-21)25-16-24(30-31-25)11-13-27(32)29-18-19-5-4-14-28-17-19/h4-10,12,14-17H,3,11,13,18H2,1-2H3,(H,29,32)(H,30,31). The van der Waals surface area contributed by atoms with E-state index >= 15 is 0 Å². The molecule has 4 rings (SSSR count). The summed E-state index contributed by atoms with van der Waals surface area (Å²) >= 11 is 0. The molecule has 0 bridgehead atoms. The van der Waals surface area contributed by atoms with Gasteiger partial charge in [-0.2, -0.15) is 5.10 Å². The maximum absolute atomic E-state index is 12.2. The second-order valence-corrected chi connectivity index (χ2v) is 7.87. The Labute approximate surface area is 194 Å². The number of pyridine rings is 1. The van der Waals surface area contributed by atoms with Crippen molar-refractivity contribution in [1.29, 1.82) is 0 Å². The van der Waals surface area contributed by atoms with Gasteiger partial charge in [0.1, 0.15) is 5.75 Å². The molecular weight excluding hydrogens is 412 g/mol. The average molecular weight is 441 g/mol. The van der Waals surface area contributed by atoms with Gasteiger partial charge in [-0.05, 0) is 59.4 Å². The van der Waals surface area contributed by atoms with Crippen molar-refractivity contribution in [1.82, 2.24) is 20.5 Å². The van der Waals surface area contributed by atoms with Crippen LogP contribution in [0.5, 0.6) is 5.75 Å². The van der Waals surface area contributed by atoms with Gasteiger partial charge >= 0.3 is 0 Å². The lowest BCUT2D eigenvalue weighted by Crippen LogP contribution is -2.23. The number of aromatic nitrogens is 3. The number of carbonyl (C=O) groups is 1. The smallest absolute Gasteiger partial charge is 0.220 e. The van der Waals surface area contributed by atoms with Gasteiger partial charge < -0.3 is 10.1 Å². The number of carbonyl (C=O) groups excluding carboxylic acids is 1. The molecule has 168 valence electrons. The molecule has 0 saturated carbocycles. The molecular formula is C27H28N4O2. The molecule has 6 nitrogen and oxygen atoms in total. The van der Waals surface area contributed by atoms with Crippen molar-refractivity contribution in [3.05, 3.63) is 89.9 Å². The lowest BCUT2D eigenvalue weighted by atomic mass is 9.99. The minimum atomic E-state index is 0.00490. The van der Waals surface area contributed by atoms with Gasteiger partial charge in [0.25, 0.3) is 0 Å². The van der Waals surface area contributed by atoms with Gasteiger partial charge in [-0.25, -0.2) is 0 Å². The number of amides is 1. The summed E-state index contributed by atoms with van der Waals surface area (Å²) < 4.78 is 5.44. The van der Waals surface area contributed by atoms with E-state index in [2.05, 4.69) is 63.8 Å². The number of H-pyrrole nitrogens is 1. The number of aromatic amines is 1. The number of aryl methyl sites for hydroxylation is 2. The fourth-order valence-electron chi connectivity index (χ4n) is 3.75. The first-order chi connectivity index (χ1) is 16.2. The number of hydrogen-bond donors (Lipinski definition) is 2. The Balaban J connectivity index is 1.35. The molecule has 4 aromatic rings. The van der Waals surface area contributed by atoms with E-state index in [0.29, 0.717) is 19.4 Å². The van der Waals surface area contributed by atoms with Gasteiger partial charge in [0, 0.05) is 36.6 Å². The quantitative estimate of drug-likeness (QED) is 0.386. The van der Waals surface area contributed by atoms with E-state index in [1.807, 2.05) is 24.3 Å². The molecule has 0 aliphatic heterocycles. The molecule has 0 radical (unpaired) electrons. The lowest BCUT2D eigenvalue weighted by molar-refractivity contribution is -0.121. The maximum atomic E-state index is 12.2. The normalized spacial score (nSPS) is 10.7. The monoisotopic (exact) mass is 440 g/mol. The summed E-state index contributed by atoms with van der Waals surface area (Å²) in [5, 5.41) is 10.4. The molecule has 2 N–H and O–H groups in total. The molecule has 0 spiro atoms.